The molecule has 1 rings (SSSR count). The van der Waals surface area contributed by atoms with Crippen LogP contribution in [0.1, 0.15) is 13.3 Å². The summed E-state index contributed by atoms with van der Waals surface area (Å²) >= 11 is 0. The Morgan fingerprint density at radius 3 is 2.57 bits per heavy atom. The van der Waals surface area contributed by atoms with Crippen LogP contribution in [0, 0.1) is 0 Å². The highest BCUT2D eigenvalue weighted by molar-refractivity contribution is 4.57. The molecule has 1 aliphatic heterocycles. The fraction of sp³-hybridized carbons (Fsp3) is 1.00. The maximum absolute atomic E-state index is 9.03. The van der Waals surface area contributed by atoms with Gasteiger partial charge >= 0.3 is 0 Å². The van der Waals surface area contributed by atoms with E-state index in [1.165, 1.54) is 0 Å². The molecular weight excluding hydrogens is 184 g/mol. The van der Waals surface area contributed by atoms with Crippen molar-refractivity contribution in [2.75, 3.05) is 46.6 Å². The Bertz CT molecular complexity index is 135. The van der Waals surface area contributed by atoms with Gasteiger partial charge < -0.3 is 14.6 Å². The van der Waals surface area contributed by atoms with E-state index in [-0.39, 0.29) is 6.73 Å². The van der Waals surface area contributed by atoms with Gasteiger partial charge in [-0.3, -0.25) is 9.80 Å². The minimum atomic E-state index is 0.128. The van der Waals surface area contributed by atoms with E-state index >= 15 is 0 Å². The topological polar surface area (TPSA) is 45.2 Å². The third-order valence-corrected chi connectivity index (χ3v) is 2.19. The molecule has 0 unspecified atom stereocenters. The van der Waals surface area contributed by atoms with Crippen LogP contribution >= 0.6 is 0 Å². The molecular formula is C9H20N2O3. The maximum atomic E-state index is 9.03. The number of rotatable bonds is 6. The Morgan fingerprint density at radius 2 is 2.00 bits per heavy atom. The maximum Gasteiger partial charge on any atom is 0.150 e. The highest BCUT2D eigenvalue weighted by atomic mass is 16.7. The Kier molecular flexibility index (Phi) is 6.05. The Morgan fingerprint density at radius 1 is 1.29 bits per heavy atom. The molecule has 84 valence electrons. The molecule has 0 aromatic heterocycles. The summed E-state index contributed by atoms with van der Waals surface area (Å²) in [4.78, 5) is 4.08. The molecule has 1 heterocycles. The van der Waals surface area contributed by atoms with Gasteiger partial charge in [-0.25, -0.2) is 0 Å². The minimum Gasteiger partial charge on any atom is -0.381 e. The summed E-state index contributed by atoms with van der Waals surface area (Å²) in [6, 6.07) is 0. The fourth-order valence-corrected chi connectivity index (χ4v) is 1.41. The van der Waals surface area contributed by atoms with Gasteiger partial charge in [-0.05, 0) is 6.42 Å². The Balaban J connectivity index is 2.10. The highest BCUT2D eigenvalue weighted by Crippen LogP contribution is 1.99. The van der Waals surface area contributed by atoms with Gasteiger partial charge in [0.05, 0.1) is 6.73 Å². The van der Waals surface area contributed by atoms with E-state index in [2.05, 4.69) is 11.8 Å². The Hall–Kier alpha value is -0.200. The third-order valence-electron chi connectivity index (χ3n) is 2.19. The van der Waals surface area contributed by atoms with Crippen molar-refractivity contribution in [1.82, 2.24) is 9.80 Å². The molecule has 0 atom stereocenters. The summed E-state index contributed by atoms with van der Waals surface area (Å²) in [6.45, 7) is 6.56. The van der Waals surface area contributed by atoms with Gasteiger partial charge in [-0.2, -0.15) is 0 Å². The van der Waals surface area contributed by atoms with Gasteiger partial charge in [0.15, 0.2) is 0 Å². The third kappa shape index (κ3) is 4.34. The molecule has 1 N–H and O–H groups in total. The average molecular weight is 204 g/mol. The lowest BCUT2D eigenvalue weighted by Crippen LogP contribution is -2.41. The molecule has 0 aromatic rings. The zero-order chi connectivity index (χ0) is 10.2. The number of hydrogen-bond acceptors (Lipinski definition) is 5. The highest BCUT2D eigenvalue weighted by Gasteiger charge is 2.11. The fourth-order valence-electron chi connectivity index (χ4n) is 1.41. The molecule has 0 radical (unpaired) electrons. The first-order valence-corrected chi connectivity index (χ1v) is 5.08. The second-order valence-electron chi connectivity index (χ2n) is 3.44. The largest absolute Gasteiger partial charge is 0.381 e. The molecule has 1 aliphatic rings. The monoisotopic (exact) mass is 204 g/mol. The van der Waals surface area contributed by atoms with Gasteiger partial charge in [0, 0.05) is 19.6 Å². The van der Waals surface area contributed by atoms with Crippen molar-refractivity contribution in [3.05, 3.63) is 0 Å². The number of ether oxygens (including phenoxy) is 2. The number of aliphatic hydroxyl groups is 1. The summed E-state index contributed by atoms with van der Waals surface area (Å²) in [5, 5.41) is 9.03. The standard InChI is InChI=1S/C9H20N2O3/c1-2-3-10(6-12)4-5-11-7-13-9-14-8-11/h12H,2-9H2,1H3. The van der Waals surface area contributed by atoms with Crippen molar-refractivity contribution in [1.29, 1.82) is 0 Å². The molecule has 14 heavy (non-hydrogen) atoms. The van der Waals surface area contributed by atoms with Crippen molar-refractivity contribution in [3.63, 3.8) is 0 Å². The zero-order valence-electron chi connectivity index (χ0n) is 8.81. The van der Waals surface area contributed by atoms with E-state index in [0.29, 0.717) is 20.3 Å². The van der Waals surface area contributed by atoms with Crippen LogP contribution in [0.2, 0.25) is 0 Å². The normalized spacial score (nSPS) is 19.1. The van der Waals surface area contributed by atoms with Crippen molar-refractivity contribution in [3.8, 4) is 0 Å². The minimum absolute atomic E-state index is 0.128. The number of nitrogens with zero attached hydrogens (tertiary/aromatic N) is 2. The lowest BCUT2D eigenvalue weighted by molar-refractivity contribution is -0.183. The number of aliphatic hydroxyl groups excluding tert-OH is 1. The van der Waals surface area contributed by atoms with E-state index in [0.717, 1.165) is 26.1 Å². The summed E-state index contributed by atoms with van der Waals surface area (Å²) in [5.74, 6) is 0. The molecule has 5 heteroatoms. The van der Waals surface area contributed by atoms with Crippen LogP contribution in [-0.4, -0.2) is 61.5 Å². The van der Waals surface area contributed by atoms with E-state index in [1.807, 2.05) is 4.90 Å². The molecule has 0 saturated carbocycles. The van der Waals surface area contributed by atoms with Gasteiger partial charge in [0.25, 0.3) is 0 Å². The van der Waals surface area contributed by atoms with Crippen LogP contribution in [0.5, 0.6) is 0 Å². The lowest BCUT2D eigenvalue weighted by Gasteiger charge is -2.28. The number of hydrogen-bond donors (Lipinski definition) is 1. The average Bonchev–Trinajstić information content (AvgIpc) is 2.25. The predicted octanol–water partition coefficient (Wildman–Crippen LogP) is -0.130. The Labute approximate surface area is 85.2 Å². The van der Waals surface area contributed by atoms with Gasteiger partial charge in [0.2, 0.25) is 0 Å². The summed E-state index contributed by atoms with van der Waals surface area (Å²) < 4.78 is 10.3. The molecule has 1 saturated heterocycles. The first kappa shape index (κ1) is 11.9. The molecule has 0 spiro atoms. The first-order chi connectivity index (χ1) is 6.86. The van der Waals surface area contributed by atoms with Crippen molar-refractivity contribution in [2.45, 2.75) is 13.3 Å². The zero-order valence-corrected chi connectivity index (χ0v) is 8.81. The van der Waals surface area contributed by atoms with Crippen molar-refractivity contribution >= 4 is 0 Å². The van der Waals surface area contributed by atoms with Gasteiger partial charge in [-0.1, -0.05) is 6.92 Å². The van der Waals surface area contributed by atoms with Crippen LogP contribution in [0.25, 0.3) is 0 Å². The molecule has 5 nitrogen and oxygen atoms in total. The van der Waals surface area contributed by atoms with E-state index in [9.17, 15) is 0 Å². The summed E-state index contributed by atoms with van der Waals surface area (Å²) in [6.07, 6.45) is 1.06. The van der Waals surface area contributed by atoms with Crippen LogP contribution < -0.4 is 0 Å². The molecule has 0 aliphatic carbocycles. The molecule has 0 bridgehead atoms. The predicted molar refractivity (Wildman–Crippen MR) is 52.4 cm³/mol. The molecule has 0 amide bonds. The second kappa shape index (κ2) is 7.14. The summed E-state index contributed by atoms with van der Waals surface area (Å²) in [5.41, 5.74) is 0. The van der Waals surface area contributed by atoms with Crippen LogP contribution in [0.4, 0.5) is 0 Å². The summed E-state index contributed by atoms with van der Waals surface area (Å²) in [7, 11) is 0. The van der Waals surface area contributed by atoms with E-state index in [1.54, 1.807) is 0 Å². The first-order valence-electron chi connectivity index (χ1n) is 5.08. The molecule has 0 aromatic carbocycles. The smallest absolute Gasteiger partial charge is 0.150 e. The van der Waals surface area contributed by atoms with E-state index < -0.39 is 0 Å². The van der Waals surface area contributed by atoms with Crippen molar-refractivity contribution in [2.24, 2.45) is 0 Å². The van der Waals surface area contributed by atoms with Crippen molar-refractivity contribution < 1.29 is 14.6 Å². The lowest BCUT2D eigenvalue weighted by atomic mass is 10.4. The van der Waals surface area contributed by atoms with Crippen LogP contribution in [0.3, 0.4) is 0 Å². The van der Waals surface area contributed by atoms with E-state index in [4.69, 9.17) is 14.6 Å². The quantitative estimate of drug-likeness (QED) is 0.611. The van der Waals surface area contributed by atoms with Gasteiger partial charge in [0.1, 0.15) is 20.3 Å². The van der Waals surface area contributed by atoms with Gasteiger partial charge in [-0.15, -0.1) is 0 Å². The van der Waals surface area contributed by atoms with Crippen LogP contribution in [0.15, 0.2) is 0 Å². The SMILES string of the molecule is CCCN(CO)CCN1COCOC1. The second-order valence-corrected chi connectivity index (χ2v) is 3.44. The molecule has 1 fully saturated rings. The van der Waals surface area contributed by atoms with Crippen LogP contribution in [-0.2, 0) is 9.47 Å².